The number of H-pyrrole nitrogens is 1. The van der Waals surface area contributed by atoms with Gasteiger partial charge >= 0.3 is 5.69 Å². The molecule has 16 heteroatoms. The Labute approximate surface area is 377 Å². The number of carbonyl (C=O) groups excluding carboxylic acids is 1. The number of hydrogen-bond donors (Lipinski definition) is 3. The molecule has 2 atom stereocenters. The van der Waals surface area contributed by atoms with Gasteiger partial charge in [0.2, 0.25) is 5.88 Å². The SMILES string of the molecule is CC(C)c1ccccc1[C@@H]1CCCN1C1CC2(CCN(c3ccc(C(=O)NS(=O)(=O)c4cc([N+](=O)[O-])c5c(n4)OC[C@H](Cc4ccccc4)N5)c(Oc4cnc5[nH]ccc5c4)c3)CC2)C1. The number of aromatic amines is 1. The molecule has 336 valence electrons. The Bertz CT molecular complexity index is 2870. The van der Waals surface area contributed by atoms with Crippen molar-refractivity contribution in [1.29, 1.82) is 0 Å². The van der Waals surface area contributed by atoms with Crippen molar-refractivity contribution in [3.8, 4) is 17.4 Å². The maximum Gasteiger partial charge on any atom is 0.300 e. The van der Waals surface area contributed by atoms with Crippen LogP contribution in [0.4, 0.5) is 17.1 Å². The number of benzene rings is 3. The standard InChI is InChI=1S/C49H52N8O7S/c1-31(2)38-11-6-7-12-39(38)41-13-8-20-56(41)36-27-49(28-36)17-21-55(22-18-49)35-14-15-40(43(25-35)64-37-24-33-16-19-50-46(33)51-29-37)47(58)54-65(61,62)44-26-42(57(59)60)45-48(53-44)63-30-34(52-45)23-32-9-4-3-5-10-32/h3-7,9-12,14-16,19,24-26,29,31,34,36,41,52H,8,13,17-18,20-23,27-28,30H2,1-2H3,(H,50,51)(H,54,58)/t34-,41-/m0/s1. The van der Waals surface area contributed by atoms with Gasteiger partial charge in [0, 0.05) is 48.5 Å². The number of amides is 1. The molecule has 1 spiro atoms. The normalized spacial score (nSPS) is 19.6. The number of aromatic nitrogens is 3. The number of carbonyl (C=O) groups is 1. The van der Waals surface area contributed by atoms with Crippen LogP contribution in [0.25, 0.3) is 11.0 Å². The number of pyridine rings is 2. The Morgan fingerprint density at radius 2 is 1.80 bits per heavy atom. The van der Waals surface area contributed by atoms with Crippen LogP contribution < -0.4 is 24.4 Å². The van der Waals surface area contributed by atoms with Crippen molar-refractivity contribution in [2.24, 2.45) is 5.41 Å². The summed E-state index contributed by atoms with van der Waals surface area (Å²) >= 11 is 0. The molecule has 2 saturated heterocycles. The number of nitrogens with one attached hydrogen (secondary N) is 3. The minimum absolute atomic E-state index is 0.0315. The minimum atomic E-state index is -4.76. The van der Waals surface area contributed by atoms with Crippen LogP contribution in [-0.4, -0.2) is 77.4 Å². The highest BCUT2D eigenvalue weighted by Gasteiger charge is 2.50. The van der Waals surface area contributed by atoms with Gasteiger partial charge in [-0.2, -0.15) is 13.4 Å². The molecule has 10 rings (SSSR count). The highest BCUT2D eigenvalue weighted by molar-refractivity contribution is 7.90. The number of nitrogens with zero attached hydrogens (tertiary/aromatic N) is 5. The van der Waals surface area contributed by atoms with Crippen LogP contribution in [-0.2, 0) is 16.4 Å². The first-order chi connectivity index (χ1) is 31.4. The van der Waals surface area contributed by atoms with Crippen molar-refractivity contribution in [3.63, 3.8) is 0 Å². The third-order valence-corrected chi connectivity index (χ3v) is 15.0. The average molecular weight is 897 g/mol. The minimum Gasteiger partial charge on any atom is -0.474 e. The molecular weight excluding hydrogens is 845 g/mol. The zero-order valence-corrected chi connectivity index (χ0v) is 37.2. The molecule has 3 fully saturated rings. The lowest BCUT2D eigenvalue weighted by Crippen LogP contribution is -2.54. The predicted molar refractivity (Wildman–Crippen MR) is 247 cm³/mol. The van der Waals surface area contributed by atoms with Gasteiger partial charge < -0.3 is 24.7 Å². The van der Waals surface area contributed by atoms with Gasteiger partial charge in [-0.15, -0.1) is 0 Å². The second kappa shape index (κ2) is 17.1. The van der Waals surface area contributed by atoms with Crippen LogP contribution in [0.5, 0.6) is 17.4 Å². The van der Waals surface area contributed by atoms with Gasteiger partial charge in [-0.1, -0.05) is 68.4 Å². The number of anilines is 2. The summed E-state index contributed by atoms with van der Waals surface area (Å²) < 4.78 is 42.0. The van der Waals surface area contributed by atoms with E-state index < -0.39 is 31.6 Å². The Balaban J connectivity index is 0.859. The fraction of sp³-hybridized carbons (Fsp3) is 0.367. The zero-order chi connectivity index (χ0) is 44.9. The Morgan fingerprint density at radius 1 is 1.02 bits per heavy atom. The lowest BCUT2D eigenvalue weighted by atomic mass is 9.59. The Kier molecular flexibility index (Phi) is 11.2. The molecule has 15 nitrogen and oxygen atoms in total. The number of rotatable bonds is 12. The summed E-state index contributed by atoms with van der Waals surface area (Å²) in [7, 11) is -4.76. The van der Waals surface area contributed by atoms with Crippen LogP contribution in [0.15, 0.2) is 108 Å². The van der Waals surface area contributed by atoms with E-state index in [2.05, 4.69) is 72.9 Å². The summed E-state index contributed by atoms with van der Waals surface area (Å²) in [5, 5.41) is 15.5. The first-order valence-electron chi connectivity index (χ1n) is 22.5. The summed E-state index contributed by atoms with van der Waals surface area (Å²) in [4.78, 5) is 42.3. The summed E-state index contributed by atoms with van der Waals surface area (Å²) in [5.74, 6) is -0.280. The maximum atomic E-state index is 14.1. The molecule has 4 aliphatic rings. The van der Waals surface area contributed by atoms with Gasteiger partial charge in [0.25, 0.3) is 15.9 Å². The molecule has 1 amide bonds. The number of ether oxygens (including phenoxy) is 2. The van der Waals surface area contributed by atoms with Crippen LogP contribution in [0, 0.1) is 15.5 Å². The van der Waals surface area contributed by atoms with Gasteiger partial charge in [-0.25, -0.2) is 9.71 Å². The van der Waals surface area contributed by atoms with E-state index >= 15 is 0 Å². The molecule has 3 aliphatic heterocycles. The molecule has 1 aliphatic carbocycles. The van der Waals surface area contributed by atoms with Crippen LogP contribution >= 0.6 is 0 Å². The largest absolute Gasteiger partial charge is 0.474 e. The highest BCUT2D eigenvalue weighted by atomic mass is 32.2. The lowest BCUT2D eigenvalue weighted by molar-refractivity contribution is -0.384. The summed E-state index contributed by atoms with van der Waals surface area (Å²) in [6.45, 7) is 7.46. The van der Waals surface area contributed by atoms with Crippen molar-refractivity contribution in [3.05, 3.63) is 136 Å². The lowest BCUT2D eigenvalue weighted by Gasteiger charge is -2.56. The molecular formula is C49H52N8O7S. The first-order valence-corrected chi connectivity index (χ1v) is 23.9. The quantitative estimate of drug-likeness (QED) is 0.0784. The topological polar surface area (TPSA) is 185 Å². The van der Waals surface area contributed by atoms with Gasteiger partial charge in [0.1, 0.15) is 23.8 Å². The summed E-state index contributed by atoms with van der Waals surface area (Å²) in [6, 6.07) is 28.8. The van der Waals surface area contributed by atoms with Gasteiger partial charge in [-0.05, 0) is 104 Å². The smallest absolute Gasteiger partial charge is 0.300 e. The van der Waals surface area contributed by atoms with Crippen molar-refractivity contribution in [2.45, 2.75) is 87.9 Å². The van der Waals surface area contributed by atoms with E-state index in [0.717, 1.165) is 55.2 Å². The van der Waals surface area contributed by atoms with Crippen LogP contribution in [0.1, 0.15) is 91.4 Å². The molecule has 6 heterocycles. The fourth-order valence-corrected chi connectivity index (χ4v) is 11.4. The van der Waals surface area contributed by atoms with Gasteiger partial charge in [0.15, 0.2) is 10.7 Å². The van der Waals surface area contributed by atoms with E-state index in [4.69, 9.17) is 9.47 Å². The van der Waals surface area contributed by atoms with Crippen molar-refractivity contribution in [1.82, 2.24) is 24.6 Å². The number of likely N-dealkylation sites (tertiary alicyclic amines) is 1. The maximum absolute atomic E-state index is 14.1. The number of fused-ring (bicyclic) bond motifs is 2. The molecule has 3 aromatic heterocycles. The molecule has 0 unspecified atom stereocenters. The Morgan fingerprint density at radius 3 is 2.58 bits per heavy atom. The highest BCUT2D eigenvalue weighted by Crippen LogP contribution is 2.54. The first kappa shape index (κ1) is 42.4. The molecule has 0 bridgehead atoms. The predicted octanol–water partition coefficient (Wildman–Crippen LogP) is 8.90. The summed E-state index contributed by atoms with van der Waals surface area (Å²) in [6.07, 6.45) is 10.7. The second-order valence-corrected chi connectivity index (χ2v) is 19.9. The van der Waals surface area contributed by atoms with Crippen LogP contribution in [0.3, 0.4) is 0 Å². The zero-order valence-electron chi connectivity index (χ0n) is 36.4. The van der Waals surface area contributed by atoms with E-state index in [1.807, 2.05) is 36.4 Å². The third kappa shape index (κ3) is 8.48. The number of sulfonamides is 1. The van der Waals surface area contributed by atoms with E-state index in [1.165, 1.54) is 43.0 Å². The van der Waals surface area contributed by atoms with Gasteiger partial charge in [-0.3, -0.25) is 19.8 Å². The third-order valence-electron chi connectivity index (χ3n) is 13.8. The van der Waals surface area contributed by atoms with E-state index in [1.54, 1.807) is 30.5 Å². The number of hydrogen-bond acceptors (Lipinski definition) is 12. The number of nitro groups is 1. The van der Waals surface area contributed by atoms with Crippen molar-refractivity contribution < 1.29 is 27.6 Å². The van der Waals surface area contributed by atoms with Crippen molar-refractivity contribution in [2.75, 3.05) is 36.5 Å². The van der Waals surface area contributed by atoms with Gasteiger partial charge in [0.05, 0.1) is 28.8 Å². The molecule has 65 heavy (non-hydrogen) atoms. The molecule has 3 N–H and O–H groups in total. The summed E-state index contributed by atoms with van der Waals surface area (Å²) in [5.41, 5.74) is 5.10. The molecule has 0 radical (unpaired) electrons. The second-order valence-electron chi connectivity index (χ2n) is 18.3. The van der Waals surface area contributed by atoms with E-state index in [-0.39, 0.29) is 35.5 Å². The molecule has 1 saturated carbocycles. The van der Waals surface area contributed by atoms with Crippen molar-refractivity contribution >= 4 is 44.0 Å². The number of piperidine rings is 1. The molecule has 6 aromatic rings. The van der Waals surface area contributed by atoms with E-state index in [9.17, 15) is 23.3 Å². The Hall–Kier alpha value is -6.52. The monoisotopic (exact) mass is 896 g/mol. The molecule has 3 aromatic carbocycles. The van der Waals surface area contributed by atoms with E-state index in [0.29, 0.717) is 41.2 Å². The fourth-order valence-electron chi connectivity index (χ4n) is 10.5. The average Bonchev–Trinajstić information content (AvgIpc) is 3.98. The van der Waals surface area contributed by atoms with Crippen LogP contribution in [0.2, 0.25) is 0 Å².